The highest BCUT2D eigenvalue weighted by atomic mass is 19.1. The Morgan fingerprint density at radius 2 is 1.82 bits per heavy atom. The van der Waals surface area contributed by atoms with E-state index in [-0.39, 0.29) is 17.4 Å². The number of amides is 1. The zero-order valence-electron chi connectivity index (χ0n) is 18.4. The summed E-state index contributed by atoms with van der Waals surface area (Å²) in [7, 11) is 0. The molecule has 1 saturated heterocycles. The highest BCUT2D eigenvalue weighted by molar-refractivity contribution is 6.51. The predicted molar refractivity (Wildman–Crippen MR) is 122 cm³/mol. The Morgan fingerprint density at radius 1 is 1.09 bits per heavy atom. The Bertz CT molecular complexity index is 1240. The van der Waals surface area contributed by atoms with E-state index in [0.717, 1.165) is 5.56 Å². The van der Waals surface area contributed by atoms with E-state index in [0.29, 0.717) is 22.7 Å². The number of aryl methyl sites for hydroxylation is 1. The summed E-state index contributed by atoms with van der Waals surface area (Å²) in [6.07, 6.45) is 1.52. The first kappa shape index (κ1) is 22.2. The fourth-order valence-corrected chi connectivity index (χ4v) is 3.86. The van der Waals surface area contributed by atoms with Gasteiger partial charge in [0.05, 0.1) is 17.4 Å². The summed E-state index contributed by atoms with van der Waals surface area (Å²) >= 11 is 0. The molecule has 1 aliphatic heterocycles. The molecule has 0 spiro atoms. The van der Waals surface area contributed by atoms with Crippen molar-refractivity contribution in [2.75, 3.05) is 4.90 Å². The molecule has 1 N–H and O–H groups in total. The fraction of sp³-hybridized carbons (Fsp3) is 0.192. The zero-order chi connectivity index (χ0) is 23.7. The van der Waals surface area contributed by atoms with Crippen molar-refractivity contribution in [3.05, 3.63) is 95.1 Å². The van der Waals surface area contributed by atoms with Gasteiger partial charge in [-0.25, -0.2) is 4.39 Å². The number of hydrogen-bond acceptors (Lipinski definition) is 5. The summed E-state index contributed by atoms with van der Waals surface area (Å²) in [6.45, 7) is 5.66. The summed E-state index contributed by atoms with van der Waals surface area (Å²) in [6, 6.07) is 14.5. The number of ether oxygens (including phenoxy) is 1. The first-order chi connectivity index (χ1) is 15.8. The first-order valence-electron chi connectivity index (χ1n) is 10.5. The summed E-state index contributed by atoms with van der Waals surface area (Å²) in [4.78, 5) is 31.7. The van der Waals surface area contributed by atoms with Crippen LogP contribution in [0.15, 0.2) is 72.4 Å². The average Bonchev–Trinajstić information content (AvgIpc) is 3.06. The SMILES string of the molecule is Cc1cc(/C(O)=C2/C(=O)C(=O)N(c3ccc(F)cc3)C2c2ccccn2)ccc1OC(C)C. The second kappa shape index (κ2) is 8.86. The molecule has 1 fully saturated rings. The Hall–Kier alpha value is -4.00. The van der Waals surface area contributed by atoms with Crippen molar-refractivity contribution in [1.29, 1.82) is 0 Å². The normalized spacial score (nSPS) is 17.6. The third kappa shape index (κ3) is 4.22. The molecule has 4 rings (SSSR count). The molecular weight excluding hydrogens is 423 g/mol. The van der Waals surface area contributed by atoms with E-state index in [9.17, 15) is 19.1 Å². The molecule has 7 heteroatoms. The van der Waals surface area contributed by atoms with Crippen LogP contribution in [0.4, 0.5) is 10.1 Å². The molecule has 2 aromatic carbocycles. The minimum absolute atomic E-state index is 0.0201. The van der Waals surface area contributed by atoms with E-state index in [1.54, 1.807) is 42.6 Å². The number of hydrogen-bond donors (Lipinski definition) is 1. The topological polar surface area (TPSA) is 79.7 Å². The Morgan fingerprint density at radius 3 is 2.42 bits per heavy atom. The molecule has 33 heavy (non-hydrogen) atoms. The van der Waals surface area contributed by atoms with Crippen LogP contribution >= 0.6 is 0 Å². The molecule has 1 amide bonds. The average molecular weight is 446 g/mol. The van der Waals surface area contributed by atoms with Crippen LogP contribution in [0.1, 0.15) is 36.7 Å². The number of aliphatic hydroxyl groups is 1. The Labute approximate surface area is 191 Å². The van der Waals surface area contributed by atoms with Crippen molar-refractivity contribution >= 4 is 23.1 Å². The van der Waals surface area contributed by atoms with Crippen molar-refractivity contribution in [2.24, 2.45) is 0 Å². The Kier molecular flexibility index (Phi) is 5.96. The molecule has 0 radical (unpaired) electrons. The van der Waals surface area contributed by atoms with E-state index in [1.807, 2.05) is 20.8 Å². The van der Waals surface area contributed by atoms with Crippen LogP contribution in [0.25, 0.3) is 5.76 Å². The lowest BCUT2D eigenvalue weighted by molar-refractivity contribution is -0.132. The van der Waals surface area contributed by atoms with Gasteiger partial charge in [-0.15, -0.1) is 0 Å². The van der Waals surface area contributed by atoms with Crippen LogP contribution < -0.4 is 9.64 Å². The molecule has 0 bridgehead atoms. The minimum Gasteiger partial charge on any atom is -0.507 e. The number of Topliss-reactive ketones (excluding diaryl/α,β-unsaturated/α-hetero) is 1. The predicted octanol–water partition coefficient (Wildman–Crippen LogP) is 4.94. The largest absolute Gasteiger partial charge is 0.507 e. The summed E-state index contributed by atoms with van der Waals surface area (Å²) in [5, 5.41) is 11.2. The smallest absolute Gasteiger partial charge is 0.300 e. The van der Waals surface area contributed by atoms with E-state index in [1.165, 1.54) is 29.2 Å². The van der Waals surface area contributed by atoms with Gasteiger partial charge in [0.15, 0.2) is 0 Å². The second-order valence-electron chi connectivity index (χ2n) is 8.05. The number of carbonyl (C=O) groups excluding carboxylic acids is 2. The van der Waals surface area contributed by atoms with Gasteiger partial charge in [-0.1, -0.05) is 6.07 Å². The van der Waals surface area contributed by atoms with E-state index in [4.69, 9.17) is 4.74 Å². The van der Waals surface area contributed by atoms with Crippen LogP contribution in [0.3, 0.4) is 0 Å². The van der Waals surface area contributed by atoms with E-state index >= 15 is 0 Å². The first-order valence-corrected chi connectivity index (χ1v) is 10.5. The maximum absolute atomic E-state index is 13.5. The summed E-state index contributed by atoms with van der Waals surface area (Å²) < 4.78 is 19.3. The van der Waals surface area contributed by atoms with Crippen molar-refractivity contribution in [3.63, 3.8) is 0 Å². The highest BCUT2D eigenvalue weighted by Crippen LogP contribution is 2.41. The van der Waals surface area contributed by atoms with Gasteiger partial charge in [-0.05, 0) is 80.9 Å². The van der Waals surface area contributed by atoms with Crippen molar-refractivity contribution in [3.8, 4) is 5.75 Å². The number of halogens is 1. The number of aliphatic hydroxyl groups excluding tert-OH is 1. The van der Waals surface area contributed by atoms with Crippen LogP contribution in [0, 0.1) is 12.7 Å². The number of ketones is 1. The van der Waals surface area contributed by atoms with Gasteiger partial charge < -0.3 is 9.84 Å². The van der Waals surface area contributed by atoms with Crippen LogP contribution in [-0.4, -0.2) is 27.9 Å². The lowest BCUT2D eigenvalue weighted by atomic mass is 9.97. The molecule has 1 unspecified atom stereocenters. The molecule has 0 aliphatic carbocycles. The third-order valence-electron chi connectivity index (χ3n) is 5.33. The van der Waals surface area contributed by atoms with Gasteiger partial charge in [0.1, 0.15) is 23.4 Å². The van der Waals surface area contributed by atoms with E-state index < -0.39 is 23.5 Å². The molecular formula is C26H23FN2O4. The van der Waals surface area contributed by atoms with Gasteiger partial charge in [-0.3, -0.25) is 19.5 Å². The third-order valence-corrected chi connectivity index (χ3v) is 5.33. The number of pyridine rings is 1. The second-order valence-corrected chi connectivity index (χ2v) is 8.05. The molecule has 1 atom stereocenters. The quantitative estimate of drug-likeness (QED) is 0.341. The lowest BCUT2D eigenvalue weighted by Crippen LogP contribution is -2.29. The van der Waals surface area contributed by atoms with Gasteiger partial charge in [0.2, 0.25) is 0 Å². The zero-order valence-corrected chi connectivity index (χ0v) is 18.4. The van der Waals surface area contributed by atoms with Crippen molar-refractivity contribution < 1.29 is 23.8 Å². The molecule has 168 valence electrons. The summed E-state index contributed by atoms with van der Waals surface area (Å²) in [5.41, 5.74) is 1.79. The number of aromatic nitrogens is 1. The minimum atomic E-state index is -0.969. The number of benzene rings is 2. The molecule has 6 nitrogen and oxygen atoms in total. The molecule has 1 aliphatic rings. The number of anilines is 1. The number of carbonyl (C=O) groups is 2. The van der Waals surface area contributed by atoms with Crippen LogP contribution in [0.2, 0.25) is 0 Å². The monoisotopic (exact) mass is 446 g/mol. The highest BCUT2D eigenvalue weighted by Gasteiger charge is 2.47. The van der Waals surface area contributed by atoms with Gasteiger partial charge in [0, 0.05) is 17.4 Å². The van der Waals surface area contributed by atoms with Crippen LogP contribution in [-0.2, 0) is 9.59 Å². The van der Waals surface area contributed by atoms with Gasteiger partial charge in [0.25, 0.3) is 11.7 Å². The number of nitrogens with zero attached hydrogens (tertiary/aromatic N) is 2. The molecule has 3 aromatic rings. The van der Waals surface area contributed by atoms with Gasteiger partial charge in [-0.2, -0.15) is 0 Å². The Balaban J connectivity index is 1.87. The maximum atomic E-state index is 13.5. The molecule has 0 saturated carbocycles. The maximum Gasteiger partial charge on any atom is 0.300 e. The molecule has 1 aromatic heterocycles. The fourth-order valence-electron chi connectivity index (χ4n) is 3.86. The van der Waals surface area contributed by atoms with Crippen molar-refractivity contribution in [2.45, 2.75) is 32.9 Å². The standard InChI is InChI=1S/C26H23FN2O4/c1-15(2)33-21-12-7-17(14-16(21)3)24(30)22-23(20-6-4-5-13-28-20)29(26(32)25(22)31)19-10-8-18(27)9-11-19/h4-15,23,30H,1-3H3/b24-22-. The lowest BCUT2D eigenvalue weighted by Gasteiger charge is -2.24. The van der Waals surface area contributed by atoms with E-state index in [2.05, 4.69) is 4.98 Å². The van der Waals surface area contributed by atoms with Gasteiger partial charge >= 0.3 is 0 Å². The molecule has 2 heterocycles. The number of rotatable bonds is 5. The van der Waals surface area contributed by atoms with Crippen LogP contribution in [0.5, 0.6) is 5.75 Å². The summed E-state index contributed by atoms with van der Waals surface area (Å²) in [5.74, 6) is -1.78. The van der Waals surface area contributed by atoms with Crippen molar-refractivity contribution in [1.82, 2.24) is 4.98 Å².